The lowest BCUT2D eigenvalue weighted by Gasteiger charge is -2.27. The van der Waals surface area contributed by atoms with Crippen LogP contribution < -0.4 is 0 Å². The van der Waals surface area contributed by atoms with Crippen molar-refractivity contribution < 1.29 is 9.59 Å². The molecule has 0 rings (SSSR count). The molecule has 0 spiro atoms. The molecule has 0 aliphatic heterocycles. The molecule has 0 radical (unpaired) electrons. The Morgan fingerprint density at radius 2 is 1.50 bits per heavy atom. The fourth-order valence-corrected chi connectivity index (χ4v) is 1.91. The van der Waals surface area contributed by atoms with Crippen LogP contribution in [0.25, 0.3) is 0 Å². The van der Waals surface area contributed by atoms with E-state index in [4.69, 9.17) is 0 Å². The van der Waals surface area contributed by atoms with Gasteiger partial charge >= 0.3 is 0 Å². The van der Waals surface area contributed by atoms with Crippen LogP contribution in [0, 0.1) is 5.92 Å². The van der Waals surface area contributed by atoms with Crippen molar-refractivity contribution in [1.82, 2.24) is 9.80 Å². The summed E-state index contributed by atoms with van der Waals surface area (Å²) in [6, 6.07) is 0. The predicted octanol–water partition coefficient (Wildman–Crippen LogP) is 2.14. The van der Waals surface area contributed by atoms with Crippen LogP contribution in [0.3, 0.4) is 0 Å². The van der Waals surface area contributed by atoms with Crippen molar-refractivity contribution in [2.24, 2.45) is 5.92 Å². The number of carbonyl (C=O) groups is 2. The molecule has 18 heavy (non-hydrogen) atoms. The molecule has 0 atom stereocenters. The lowest BCUT2D eigenvalue weighted by molar-refractivity contribution is -0.139. The molecule has 4 nitrogen and oxygen atoms in total. The number of rotatable bonds is 8. The van der Waals surface area contributed by atoms with E-state index in [9.17, 15) is 9.59 Å². The van der Waals surface area contributed by atoms with Crippen molar-refractivity contribution in [3.63, 3.8) is 0 Å². The van der Waals surface area contributed by atoms with Crippen molar-refractivity contribution >= 4 is 11.8 Å². The van der Waals surface area contributed by atoms with E-state index in [1.54, 1.807) is 4.90 Å². The zero-order valence-corrected chi connectivity index (χ0v) is 12.5. The van der Waals surface area contributed by atoms with Gasteiger partial charge in [-0.05, 0) is 18.8 Å². The summed E-state index contributed by atoms with van der Waals surface area (Å²) in [7, 11) is 0. The molecule has 0 aliphatic carbocycles. The zero-order valence-electron chi connectivity index (χ0n) is 12.5. The third kappa shape index (κ3) is 6.62. The van der Waals surface area contributed by atoms with Gasteiger partial charge in [0, 0.05) is 26.6 Å². The van der Waals surface area contributed by atoms with E-state index in [2.05, 4.69) is 27.7 Å². The normalized spacial score (nSPS) is 10.6. The van der Waals surface area contributed by atoms with Gasteiger partial charge in [0.05, 0.1) is 6.54 Å². The lowest BCUT2D eigenvalue weighted by atomic mass is 10.2. The summed E-state index contributed by atoms with van der Waals surface area (Å²) in [4.78, 5) is 27.2. The molecule has 4 heteroatoms. The number of hydrogen-bond acceptors (Lipinski definition) is 2. The molecule has 0 aromatic heterocycles. The minimum atomic E-state index is -0.0232. The van der Waals surface area contributed by atoms with Gasteiger partial charge in [-0.3, -0.25) is 9.59 Å². The van der Waals surface area contributed by atoms with Crippen LogP contribution in [-0.4, -0.2) is 47.8 Å². The Kier molecular flexibility index (Phi) is 8.42. The maximum atomic E-state index is 12.2. The van der Waals surface area contributed by atoms with E-state index in [1.165, 1.54) is 6.92 Å². The molecule has 0 aromatic rings. The molecular formula is C14H28N2O2. The highest BCUT2D eigenvalue weighted by Crippen LogP contribution is 2.02. The number of amides is 2. The highest BCUT2D eigenvalue weighted by atomic mass is 16.2. The molecule has 106 valence electrons. The van der Waals surface area contributed by atoms with E-state index in [1.807, 2.05) is 4.90 Å². The molecule has 2 amide bonds. The first kappa shape index (κ1) is 16.9. The van der Waals surface area contributed by atoms with E-state index in [-0.39, 0.29) is 18.4 Å². The van der Waals surface area contributed by atoms with Crippen LogP contribution in [0.2, 0.25) is 0 Å². The van der Waals surface area contributed by atoms with Crippen molar-refractivity contribution in [3.8, 4) is 0 Å². The Balaban J connectivity index is 4.49. The van der Waals surface area contributed by atoms with Gasteiger partial charge in [-0.1, -0.05) is 27.7 Å². The fourth-order valence-electron chi connectivity index (χ4n) is 1.91. The minimum Gasteiger partial charge on any atom is -0.341 e. The first-order valence-corrected chi connectivity index (χ1v) is 6.95. The molecule has 0 saturated heterocycles. The van der Waals surface area contributed by atoms with Crippen molar-refractivity contribution in [1.29, 1.82) is 0 Å². The van der Waals surface area contributed by atoms with Gasteiger partial charge in [-0.15, -0.1) is 0 Å². The summed E-state index contributed by atoms with van der Waals surface area (Å²) in [6.45, 7) is 12.2. The second kappa shape index (κ2) is 8.95. The molecule has 0 aliphatic rings. The van der Waals surface area contributed by atoms with E-state index < -0.39 is 0 Å². The first-order chi connectivity index (χ1) is 8.42. The Labute approximate surface area is 111 Å². The van der Waals surface area contributed by atoms with Gasteiger partial charge in [0.1, 0.15) is 0 Å². The zero-order chi connectivity index (χ0) is 14.1. The monoisotopic (exact) mass is 256 g/mol. The quantitative estimate of drug-likeness (QED) is 0.667. The molecule has 0 fully saturated rings. The molecule has 0 aromatic carbocycles. The van der Waals surface area contributed by atoms with Gasteiger partial charge in [0.25, 0.3) is 0 Å². The van der Waals surface area contributed by atoms with E-state index >= 15 is 0 Å². The van der Waals surface area contributed by atoms with E-state index in [0.29, 0.717) is 12.5 Å². The number of nitrogens with zero attached hydrogens (tertiary/aromatic N) is 2. The summed E-state index contributed by atoms with van der Waals surface area (Å²) in [6.07, 6.45) is 1.91. The van der Waals surface area contributed by atoms with Crippen molar-refractivity contribution in [2.45, 2.75) is 47.5 Å². The van der Waals surface area contributed by atoms with Gasteiger partial charge in [0.15, 0.2) is 0 Å². The fraction of sp³-hybridized carbons (Fsp3) is 0.857. The summed E-state index contributed by atoms with van der Waals surface area (Å²) in [5.74, 6) is 0.423. The van der Waals surface area contributed by atoms with Crippen LogP contribution in [0.5, 0.6) is 0 Å². The lowest BCUT2D eigenvalue weighted by Crippen LogP contribution is -2.44. The van der Waals surface area contributed by atoms with Crippen molar-refractivity contribution in [3.05, 3.63) is 0 Å². The third-order valence-electron chi connectivity index (χ3n) is 2.70. The minimum absolute atomic E-state index is 0.0232. The first-order valence-electron chi connectivity index (χ1n) is 6.95. The van der Waals surface area contributed by atoms with Crippen LogP contribution in [0.4, 0.5) is 0 Å². The Morgan fingerprint density at radius 3 is 1.83 bits per heavy atom. The highest BCUT2D eigenvalue weighted by Gasteiger charge is 2.18. The second-order valence-electron chi connectivity index (χ2n) is 5.17. The van der Waals surface area contributed by atoms with Gasteiger partial charge < -0.3 is 9.80 Å². The van der Waals surface area contributed by atoms with Gasteiger partial charge in [-0.25, -0.2) is 0 Å². The SMILES string of the molecule is CCCN(CCC)C(=O)CN(CC(C)C)C(C)=O. The molecular weight excluding hydrogens is 228 g/mol. The molecule has 0 unspecified atom stereocenters. The second-order valence-corrected chi connectivity index (χ2v) is 5.17. The average Bonchev–Trinajstić information content (AvgIpc) is 2.27. The van der Waals surface area contributed by atoms with Crippen molar-refractivity contribution in [2.75, 3.05) is 26.2 Å². The van der Waals surface area contributed by atoms with Gasteiger partial charge in [-0.2, -0.15) is 0 Å². The topological polar surface area (TPSA) is 40.6 Å². The molecule has 0 bridgehead atoms. The largest absolute Gasteiger partial charge is 0.341 e. The molecule has 0 N–H and O–H groups in total. The van der Waals surface area contributed by atoms with E-state index in [0.717, 1.165) is 25.9 Å². The summed E-state index contributed by atoms with van der Waals surface area (Å²) < 4.78 is 0. The predicted molar refractivity (Wildman–Crippen MR) is 74.3 cm³/mol. The third-order valence-corrected chi connectivity index (χ3v) is 2.70. The standard InChI is InChI=1S/C14H28N2O2/c1-6-8-15(9-7-2)14(18)11-16(13(5)17)10-12(3)4/h12H,6-11H2,1-5H3. The summed E-state index contributed by atoms with van der Waals surface area (Å²) >= 11 is 0. The maximum Gasteiger partial charge on any atom is 0.242 e. The smallest absolute Gasteiger partial charge is 0.242 e. The van der Waals surface area contributed by atoms with Crippen LogP contribution in [0.1, 0.15) is 47.5 Å². The number of hydrogen-bond donors (Lipinski definition) is 0. The maximum absolute atomic E-state index is 12.2. The van der Waals surface area contributed by atoms with Gasteiger partial charge in [0.2, 0.25) is 11.8 Å². The molecule has 0 heterocycles. The van der Waals surface area contributed by atoms with Crippen LogP contribution in [-0.2, 0) is 9.59 Å². The summed E-state index contributed by atoms with van der Waals surface area (Å²) in [5, 5.41) is 0. The molecule has 0 saturated carbocycles. The van der Waals surface area contributed by atoms with Crippen LogP contribution >= 0.6 is 0 Å². The number of carbonyl (C=O) groups excluding carboxylic acids is 2. The summed E-state index contributed by atoms with van der Waals surface area (Å²) in [5.41, 5.74) is 0. The Morgan fingerprint density at radius 1 is 1.00 bits per heavy atom. The highest BCUT2D eigenvalue weighted by molar-refractivity contribution is 5.83. The Bertz CT molecular complexity index is 259. The average molecular weight is 256 g/mol. The van der Waals surface area contributed by atoms with Crippen LogP contribution in [0.15, 0.2) is 0 Å². The Hall–Kier alpha value is -1.06.